The van der Waals surface area contributed by atoms with Crippen LogP contribution in [0.4, 0.5) is 4.39 Å². The van der Waals surface area contributed by atoms with Crippen LogP contribution in [0.25, 0.3) is 0 Å². The van der Waals surface area contributed by atoms with E-state index in [-0.39, 0.29) is 47.3 Å². The van der Waals surface area contributed by atoms with Gasteiger partial charge in [-0.25, -0.2) is 4.39 Å². The van der Waals surface area contributed by atoms with Gasteiger partial charge in [0.15, 0.2) is 11.6 Å². The summed E-state index contributed by atoms with van der Waals surface area (Å²) in [5, 5.41) is 0. The topological polar surface area (TPSA) is 43.4 Å². The minimum Gasteiger partial charge on any atom is -0.373 e. The summed E-state index contributed by atoms with van der Waals surface area (Å²) in [6.07, 6.45) is 1.83. The number of rotatable bonds is 4. The number of carbonyl (C=O) groups is 2. The Morgan fingerprint density at radius 3 is 2.17 bits per heavy atom. The van der Waals surface area contributed by atoms with Crippen LogP contribution in [0.15, 0.2) is 36.4 Å². The summed E-state index contributed by atoms with van der Waals surface area (Å²) >= 11 is 0. The van der Waals surface area contributed by atoms with Crippen molar-refractivity contribution in [3.8, 4) is 0 Å². The largest absolute Gasteiger partial charge is 0.373 e. The molecule has 0 amide bonds. The van der Waals surface area contributed by atoms with E-state index in [1.165, 1.54) is 17.7 Å². The average molecular weight is 406 g/mol. The zero-order valence-corrected chi connectivity index (χ0v) is 17.7. The zero-order valence-electron chi connectivity index (χ0n) is 17.7. The molecule has 3 fully saturated rings. The SMILES string of the molecule is CCc1cc(C)cc(CC)c1C1C(=O)[C@@H]2[C@@H]3O[C@@H](C[C@H]3c3ccc(F)cc3)[C@@H]2C1=O. The summed E-state index contributed by atoms with van der Waals surface area (Å²) < 4.78 is 19.5. The lowest BCUT2D eigenvalue weighted by atomic mass is 9.73. The predicted molar refractivity (Wildman–Crippen MR) is 112 cm³/mol. The number of hydrogen-bond donors (Lipinski definition) is 0. The molecule has 2 aromatic rings. The summed E-state index contributed by atoms with van der Waals surface area (Å²) in [7, 11) is 0. The van der Waals surface area contributed by atoms with Crippen molar-refractivity contribution in [2.45, 2.75) is 64.1 Å². The number of hydrogen-bond acceptors (Lipinski definition) is 3. The lowest BCUT2D eigenvalue weighted by Gasteiger charge is -2.26. The van der Waals surface area contributed by atoms with Crippen molar-refractivity contribution >= 4 is 11.6 Å². The summed E-state index contributed by atoms with van der Waals surface area (Å²) in [6.45, 7) is 6.23. The maximum atomic E-state index is 13.7. The van der Waals surface area contributed by atoms with Gasteiger partial charge in [0.25, 0.3) is 0 Å². The molecule has 2 aromatic carbocycles. The standard InChI is InChI=1S/C26H27FO3/c1-4-14-10-13(3)11-15(5-2)20(14)22-24(28)21-19-12-18(16-6-8-17(27)9-7-16)26(30-19)23(21)25(22)29/h6-11,18-19,21-23,26H,4-5,12H2,1-3H3/t18-,19-,21-,22?,23+,26+/m0/s1. The van der Waals surface area contributed by atoms with Gasteiger partial charge in [-0.3, -0.25) is 9.59 Å². The van der Waals surface area contributed by atoms with E-state index in [0.717, 1.165) is 41.5 Å². The third-order valence-electron chi connectivity index (χ3n) is 7.43. The van der Waals surface area contributed by atoms with E-state index in [0.29, 0.717) is 0 Å². The third kappa shape index (κ3) is 2.73. The number of halogens is 1. The molecule has 2 bridgehead atoms. The molecule has 6 atom stereocenters. The molecular formula is C26H27FO3. The van der Waals surface area contributed by atoms with Gasteiger partial charge >= 0.3 is 0 Å². The van der Waals surface area contributed by atoms with E-state index in [2.05, 4.69) is 32.9 Å². The van der Waals surface area contributed by atoms with Crippen molar-refractivity contribution in [1.82, 2.24) is 0 Å². The molecular weight excluding hydrogens is 379 g/mol. The molecule has 3 nitrogen and oxygen atoms in total. The number of ketones is 2. The van der Waals surface area contributed by atoms with Gasteiger partial charge in [-0.2, -0.15) is 0 Å². The molecule has 1 unspecified atom stereocenters. The number of fused-ring (bicyclic) bond motifs is 5. The molecule has 0 spiro atoms. The second-order valence-corrected chi connectivity index (χ2v) is 9.03. The molecule has 0 aromatic heterocycles. The molecule has 0 radical (unpaired) electrons. The Kier molecular flexibility index (Phi) is 4.66. The number of carbonyl (C=O) groups excluding carboxylic acids is 2. The Labute approximate surface area is 176 Å². The third-order valence-corrected chi connectivity index (χ3v) is 7.43. The summed E-state index contributed by atoms with van der Waals surface area (Å²) in [5.74, 6) is -1.53. The molecule has 3 aliphatic rings. The van der Waals surface area contributed by atoms with Crippen LogP contribution in [0.1, 0.15) is 59.9 Å². The number of aryl methyl sites for hydroxylation is 3. The highest BCUT2D eigenvalue weighted by Gasteiger charge is 2.66. The van der Waals surface area contributed by atoms with Crippen LogP contribution in [0.2, 0.25) is 0 Å². The molecule has 5 rings (SSSR count). The maximum absolute atomic E-state index is 13.7. The fourth-order valence-corrected chi connectivity index (χ4v) is 6.19. The quantitative estimate of drug-likeness (QED) is 0.693. The molecule has 2 aliphatic heterocycles. The molecule has 30 heavy (non-hydrogen) atoms. The van der Waals surface area contributed by atoms with Crippen LogP contribution in [0, 0.1) is 24.6 Å². The Hall–Kier alpha value is -2.33. The molecule has 156 valence electrons. The molecule has 2 heterocycles. The van der Waals surface area contributed by atoms with Crippen LogP contribution in [0.3, 0.4) is 0 Å². The summed E-state index contributed by atoms with van der Waals surface area (Å²) in [5.41, 5.74) is 5.34. The highest BCUT2D eigenvalue weighted by atomic mass is 19.1. The second-order valence-electron chi connectivity index (χ2n) is 9.03. The average Bonchev–Trinajstić information content (AvgIpc) is 3.40. The first-order chi connectivity index (χ1) is 14.4. The number of ether oxygens (including phenoxy) is 1. The minimum atomic E-state index is -0.661. The van der Waals surface area contributed by atoms with E-state index in [1.807, 2.05) is 0 Å². The fourth-order valence-electron chi connectivity index (χ4n) is 6.19. The Morgan fingerprint density at radius 1 is 0.967 bits per heavy atom. The van der Waals surface area contributed by atoms with E-state index < -0.39 is 5.92 Å². The normalized spacial score (nSPS) is 32.1. The lowest BCUT2D eigenvalue weighted by molar-refractivity contribution is -0.127. The Morgan fingerprint density at radius 2 is 1.57 bits per heavy atom. The first-order valence-electron chi connectivity index (χ1n) is 11.0. The summed E-state index contributed by atoms with van der Waals surface area (Å²) in [6, 6.07) is 10.7. The smallest absolute Gasteiger partial charge is 0.154 e. The van der Waals surface area contributed by atoms with Gasteiger partial charge in [0, 0.05) is 5.92 Å². The van der Waals surface area contributed by atoms with Gasteiger partial charge in [-0.05, 0) is 60.6 Å². The van der Waals surface area contributed by atoms with Crippen molar-refractivity contribution in [3.63, 3.8) is 0 Å². The van der Waals surface area contributed by atoms with Crippen molar-refractivity contribution in [2.75, 3.05) is 0 Å². The minimum absolute atomic E-state index is 0.0255. The number of Topliss-reactive ketones (excluding diaryl/α,β-unsaturated/α-hetero) is 2. The Bertz CT molecular complexity index is 1000. The van der Waals surface area contributed by atoms with Crippen LogP contribution in [-0.2, 0) is 27.2 Å². The van der Waals surface area contributed by atoms with Crippen molar-refractivity contribution in [2.24, 2.45) is 11.8 Å². The first-order valence-corrected chi connectivity index (χ1v) is 11.0. The van der Waals surface area contributed by atoms with Gasteiger partial charge in [0.1, 0.15) is 11.7 Å². The van der Waals surface area contributed by atoms with Gasteiger partial charge in [0.2, 0.25) is 0 Å². The monoisotopic (exact) mass is 406 g/mol. The van der Waals surface area contributed by atoms with Gasteiger partial charge in [0.05, 0.1) is 24.0 Å². The van der Waals surface area contributed by atoms with Crippen LogP contribution in [0.5, 0.6) is 0 Å². The van der Waals surface area contributed by atoms with Crippen molar-refractivity contribution in [1.29, 1.82) is 0 Å². The fraction of sp³-hybridized carbons (Fsp3) is 0.462. The number of benzene rings is 2. The second kappa shape index (κ2) is 7.12. The molecule has 0 N–H and O–H groups in total. The van der Waals surface area contributed by atoms with E-state index >= 15 is 0 Å². The lowest BCUT2D eigenvalue weighted by Crippen LogP contribution is -2.34. The highest BCUT2D eigenvalue weighted by Crippen LogP contribution is 2.57. The van der Waals surface area contributed by atoms with Gasteiger partial charge < -0.3 is 4.74 Å². The molecule has 2 saturated heterocycles. The first kappa shape index (κ1) is 19.6. The summed E-state index contributed by atoms with van der Waals surface area (Å²) in [4.78, 5) is 27.2. The van der Waals surface area contributed by atoms with E-state index in [4.69, 9.17) is 4.74 Å². The van der Waals surface area contributed by atoms with Crippen molar-refractivity contribution in [3.05, 3.63) is 70.0 Å². The molecule has 4 heteroatoms. The molecule has 1 aliphatic carbocycles. The molecule has 1 saturated carbocycles. The van der Waals surface area contributed by atoms with E-state index in [9.17, 15) is 14.0 Å². The van der Waals surface area contributed by atoms with Crippen LogP contribution < -0.4 is 0 Å². The van der Waals surface area contributed by atoms with E-state index in [1.54, 1.807) is 12.1 Å². The maximum Gasteiger partial charge on any atom is 0.154 e. The van der Waals surface area contributed by atoms with Crippen LogP contribution >= 0.6 is 0 Å². The van der Waals surface area contributed by atoms with Gasteiger partial charge in [-0.15, -0.1) is 0 Å². The zero-order chi connectivity index (χ0) is 21.2. The van der Waals surface area contributed by atoms with Crippen LogP contribution in [-0.4, -0.2) is 23.8 Å². The Balaban J connectivity index is 1.53. The predicted octanol–water partition coefficient (Wildman–Crippen LogP) is 4.68. The van der Waals surface area contributed by atoms with Crippen molar-refractivity contribution < 1.29 is 18.7 Å². The highest BCUT2D eigenvalue weighted by molar-refractivity contribution is 6.17. The van der Waals surface area contributed by atoms with Gasteiger partial charge in [-0.1, -0.05) is 43.7 Å².